The van der Waals surface area contributed by atoms with Gasteiger partial charge < -0.3 is 5.73 Å². The maximum atomic E-state index is 12.8. The summed E-state index contributed by atoms with van der Waals surface area (Å²) in [5.74, 6) is -0.374. The average molecular weight is 235 g/mol. The summed E-state index contributed by atoms with van der Waals surface area (Å²) in [6.45, 7) is 2.80. The summed E-state index contributed by atoms with van der Waals surface area (Å²) in [4.78, 5) is 3.97. The molecule has 0 fully saturated rings. The van der Waals surface area contributed by atoms with Crippen LogP contribution in [0.25, 0.3) is 0 Å². The van der Waals surface area contributed by atoms with Crippen LogP contribution in [0, 0.1) is 5.82 Å². The first-order valence-electron chi connectivity index (χ1n) is 5.47. The molecule has 2 aromatic heterocycles. The number of hydrogen-bond donors (Lipinski definition) is 1. The van der Waals surface area contributed by atoms with E-state index in [-0.39, 0.29) is 5.82 Å². The molecule has 2 rings (SSSR count). The number of aryl methyl sites for hydroxylation is 1. The van der Waals surface area contributed by atoms with Crippen molar-refractivity contribution in [2.24, 2.45) is 5.73 Å². The van der Waals surface area contributed by atoms with E-state index in [0.717, 1.165) is 24.9 Å². The summed E-state index contributed by atoms with van der Waals surface area (Å²) in [5, 5.41) is 7.79. The predicted octanol–water partition coefficient (Wildman–Crippen LogP) is 1.27. The van der Waals surface area contributed by atoms with E-state index in [1.165, 1.54) is 6.07 Å². The lowest BCUT2D eigenvalue weighted by atomic mass is 10.1. The fourth-order valence-corrected chi connectivity index (χ4v) is 1.61. The fourth-order valence-electron chi connectivity index (χ4n) is 1.61. The molecule has 1 atom stereocenters. The van der Waals surface area contributed by atoms with E-state index in [9.17, 15) is 4.39 Å². The van der Waals surface area contributed by atoms with Crippen LogP contribution in [0.3, 0.4) is 0 Å². The Hall–Kier alpha value is -1.82. The minimum absolute atomic E-state index is 0.374. The van der Waals surface area contributed by atoms with E-state index < -0.39 is 6.04 Å². The zero-order valence-corrected chi connectivity index (χ0v) is 9.55. The highest BCUT2D eigenvalue weighted by Crippen LogP contribution is 2.16. The van der Waals surface area contributed by atoms with Crippen LogP contribution in [0.1, 0.15) is 30.8 Å². The van der Waals surface area contributed by atoms with Crippen LogP contribution < -0.4 is 5.73 Å². The van der Waals surface area contributed by atoms with Gasteiger partial charge in [-0.05, 0) is 18.6 Å². The largest absolute Gasteiger partial charge is 0.318 e. The van der Waals surface area contributed by atoms with Gasteiger partial charge in [-0.3, -0.25) is 4.98 Å². The van der Waals surface area contributed by atoms with E-state index in [1.54, 1.807) is 16.9 Å². The van der Waals surface area contributed by atoms with Gasteiger partial charge in [0.2, 0.25) is 0 Å². The van der Waals surface area contributed by atoms with Gasteiger partial charge in [0.1, 0.15) is 5.82 Å². The lowest BCUT2D eigenvalue weighted by Crippen LogP contribution is -2.18. The Morgan fingerprint density at radius 3 is 2.88 bits per heavy atom. The first-order chi connectivity index (χ1) is 8.22. The Morgan fingerprint density at radius 1 is 1.41 bits per heavy atom. The molecule has 0 amide bonds. The van der Waals surface area contributed by atoms with Crippen molar-refractivity contribution in [3.8, 4) is 0 Å². The van der Waals surface area contributed by atoms with Gasteiger partial charge >= 0.3 is 0 Å². The molecule has 17 heavy (non-hydrogen) atoms. The summed E-state index contributed by atoms with van der Waals surface area (Å²) in [6.07, 6.45) is 3.72. The van der Waals surface area contributed by atoms with Gasteiger partial charge in [-0.1, -0.05) is 12.1 Å². The number of rotatable bonds is 4. The Bertz CT molecular complexity index is 479. The molecule has 2 aromatic rings. The van der Waals surface area contributed by atoms with Gasteiger partial charge in [0, 0.05) is 6.54 Å². The molecule has 0 aliphatic rings. The van der Waals surface area contributed by atoms with Crippen molar-refractivity contribution in [2.75, 3.05) is 0 Å². The van der Waals surface area contributed by atoms with Crippen molar-refractivity contribution in [3.05, 3.63) is 41.7 Å². The first kappa shape index (κ1) is 11.7. The van der Waals surface area contributed by atoms with E-state index in [4.69, 9.17) is 5.73 Å². The molecule has 5 nitrogen and oxygen atoms in total. The van der Waals surface area contributed by atoms with Crippen molar-refractivity contribution in [1.29, 1.82) is 0 Å². The molecule has 0 aliphatic heterocycles. The second-order valence-corrected chi connectivity index (χ2v) is 3.76. The van der Waals surface area contributed by atoms with Gasteiger partial charge in [-0.15, -0.1) is 5.10 Å². The Balaban J connectivity index is 2.26. The zero-order valence-electron chi connectivity index (χ0n) is 9.55. The van der Waals surface area contributed by atoms with Crippen LogP contribution in [-0.4, -0.2) is 20.0 Å². The monoisotopic (exact) mass is 235 g/mol. The van der Waals surface area contributed by atoms with Crippen molar-refractivity contribution < 1.29 is 4.39 Å². The molecular formula is C11H14FN5. The van der Waals surface area contributed by atoms with E-state index in [0.29, 0.717) is 5.69 Å². The molecular weight excluding hydrogens is 221 g/mol. The maximum Gasteiger partial charge on any atom is 0.141 e. The van der Waals surface area contributed by atoms with Crippen LogP contribution in [0.15, 0.2) is 24.5 Å². The van der Waals surface area contributed by atoms with Crippen LogP contribution in [0.2, 0.25) is 0 Å². The Morgan fingerprint density at radius 2 is 2.24 bits per heavy atom. The molecule has 0 bridgehead atoms. The van der Waals surface area contributed by atoms with Gasteiger partial charge in [0.15, 0.2) is 0 Å². The minimum atomic E-state index is -0.433. The standard InChI is InChI=1S/C11H14FN5/c1-2-5-17-10(7-15-16-17)11(13)9-4-3-8(12)6-14-9/h3-4,6-7,11H,2,5,13H2,1H3. The molecule has 90 valence electrons. The van der Waals surface area contributed by atoms with Crippen molar-refractivity contribution in [2.45, 2.75) is 25.9 Å². The SMILES string of the molecule is CCCn1nncc1C(N)c1ccc(F)cn1. The summed E-state index contributed by atoms with van der Waals surface area (Å²) >= 11 is 0. The fraction of sp³-hybridized carbons (Fsp3) is 0.364. The van der Waals surface area contributed by atoms with Crippen LogP contribution in [0.4, 0.5) is 4.39 Å². The van der Waals surface area contributed by atoms with Crippen LogP contribution in [-0.2, 0) is 6.54 Å². The molecule has 0 aromatic carbocycles. The average Bonchev–Trinajstić information content (AvgIpc) is 2.78. The van der Waals surface area contributed by atoms with Crippen LogP contribution >= 0.6 is 0 Å². The number of nitrogens with two attached hydrogens (primary N) is 1. The summed E-state index contributed by atoms with van der Waals surface area (Å²) in [5.41, 5.74) is 7.44. The van der Waals surface area contributed by atoms with Gasteiger partial charge in [0.05, 0.1) is 29.8 Å². The Kier molecular flexibility index (Phi) is 3.43. The maximum absolute atomic E-state index is 12.8. The lowest BCUT2D eigenvalue weighted by molar-refractivity contribution is 0.540. The van der Waals surface area contributed by atoms with Gasteiger partial charge in [-0.2, -0.15) is 0 Å². The predicted molar refractivity (Wildman–Crippen MR) is 60.5 cm³/mol. The molecule has 0 radical (unpaired) electrons. The third-order valence-corrected chi connectivity index (χ3v) is 2.47. The van der Waals surface area contributed by atoms with Crippen molar-refractivity contribution >= 4 is 0 Å². The number of nitrogens with zero attached hydrogens (tertiary/aromatic N) is 4. The van der Waals surface area contributed by atoms with Crippen molar-refractivity contribution in [1.82, 2.24) is 20.0 Å². The first-order valence-corrected chi connectivity index (χ1v) is 5.47. The topological polar surface area (TPSA) is 69.6 Å². The molecule has 0 spiro atoms. The van der Waals surface area contributed by atoms with Gasteiger partial charge in [-0.25, -0.2) is 9.07 Å². The quantitative estimate of drug-likeness (QED) is 0.866. The summed E-state index contributed by atoms with van der Waals surface area (Å²) in [7, 11) is 0. The number of pyridine rings is 1. The number of hydrogen-bond acceptors (Lipinski definition) is 4. The van der Waals surface area contributed by atoms with Gasteiger partial charge in [0.25, 0.3) is 0 Å². The molecule has 6 heteroatoms. The highest BCUT2D eigenvalue weighted by atomic mass is 19.1. The lowest BCUT2D eigenvalue weighted by Gasteiger charge is -2.12. The van der Waals surface area contributed by atoms with E-state index in [1.807, 2.05) is 6.92 Å². The number of aromatic nitrogens is 4. The second-order valence-electron chi connectivity index (χ2n) is 3.76. The Labute approximate surface area is 98.5 Å². The highest BCUT2D eigenvalue weighted by molar-refractivity contribution is 5.19. The molecule has 2 heterocycles. The zero-order chi connectivity index (χ0) is 12.3. The summed E-state index contributed by atoms with van der Waals surface area (Å²) in [6, 6.07) is 2.48. The minimum Gasteiger partial charge on any atom is -0.318 e. The highest BCUT2D eigenvalue weighted by Gasteiger charge is 2.15. The molecule has 0 saturated carbocycles. The smallest absolute Gasteiger partial charge is 0.141 e. The van der Waals surface area contributed by atoms with Crippen molar-refractivity contribution in [3.63, 3.8) is 0 Å². The van der Waals surface area contributed by atoms with E-state index in [2.05, 4.69) is 15.3 Å². The third-order valence-electron chi connectivity index (χ3n) is 2.47. The molecule has 2 N–H and O–H groups in total. The van der Waals surface area contributed by atoms with E-state index >= 15 is 0 Å². The second kappa shape index (κ2) is 5.01. The third kappa shape index (κ3) is 2.47. The molecule has 1 unspecified atom stereocenters. The molecule has 0 saturated heterocycles. The number of halogens is 1. The molecule has 0 aliphatic carbocycles. The normalized spacial score (nSPS) is 12.6. The summed E-state index contributed by atoms with van der Waals surface area (Å²) < 4.78 is 14.5. The van der Waals surface area contributed by atoms with Crippen LogP contribution in [0.5, 0.6) is 0 Å².